The van der Waals surface area contributed by atoms with Gasteiger partial charge in [0.1, 0.15) is 0 Å². The molecule has 0 saturated carbocycles. The summed E-state index contributed by atoms with van der Waals surface area (Å²) in [4.78, 5) is 22.6. The molecule has 94 valence electrons. The highest BCUT2D eigenvalue weighted by Gasteiger charge is 2.32. The molecule has 0 aliphatic carbocycles. The van der Waals surface area contributed by atoms with E-state index in [-0.39, 0.29) is 30.2 Å². The molecule has 0 atom stereocenters. The maximum atomic E-state index is 11.3. The molecule has 0 unspecified atom stereocenters. The van der Waals surface area contributed by atoms with Crippen LogP contribution >= 0.6 is 0 Å². The maximum absolute atomic E-state index is 11.3. The number of carbonyl (C=O) groups is 2. The van der Waals surface area contributed by atoms with Crippen molar-refractivity contribution >= 4 is 11.9 Å². The second kappa shape index (κ2) is 6.51. The lowest BCUT2D eigenvalue weighted by atomic mass is 9.76. The number of carbonyl (C=O) groups excluding carboxylic acids is 2. The molecule has 0 aromatic heterocycles. The van der Waals surface area contributed by atoms with Crippen LogP contribution in [0.15, 0.2) is 0 Å². The molecule has 0 saturated heterocycles. The summed E-state index contributed by atoms with van der Waals surface area (Å²) in [6.45, 7) is 6.04. The van der Waals surface area contributed by atoms with Gasteiger partial charge in [0.05, 0.1) is 27.1 Å². The summed E-state index contributed by atoms with van der Waals surface area (Å²) in [6, 6.07) is 0. The molecule has 0 aromatic rings. The quantitative estimate of drug-likeness (QED) is 0.656. The first-order valence-electron chi connectivity index (χ1n) is 5.46. The molecular weight excluding hydrogens is 208 g/mol. The summed E-state index contributed by atoms with van der Waals surface area (Å²) in [7, 11) is 2.71. The van der Waals surface area contributed by atoms with E-state index in [1.54, 1.807) is 0 Å². The van der Waals surface area contributed by atoms with Crippen molar-refractivity contribution in [3.63, 3.8) is 0 Å². The van der Waals surface area contributed by atoms with Gasteiger partial charge in [-0.25, -0.2) is 0 Å². The van der Waals surface area contributed by atoms with Crippen LogP contribution in [0.2, 0.25) is 0 Å². The lowest BCUT2D eigenvalue weighted by Gasteiger charge is -2.29. The van der Waals surface area contributed by atoms with Crippen molar-refractivity contribution in [1.82, 2.24) is 0 Å². The van der Waals surface area contributed by atoms with Gasteiger partial charge in [0, 0.05) is 0 Å². The first kappa shape index (κ1) is 14.9. The third kappa shape index (κ3) is 5.73. The van der Waals surface area contributed by atoms with Crippen LogP contribution in [0.3, 0.4) is 0 Å². The Bertz CT molecular complexity index is 227. The Morgan fingerprint density at radius 3 is 1.69 bits per heavy atom. The zero-order chi connectivity index (χ0) is 12.8. The van der Waals surface area contributed by atoms with E-state index >= 15 is 0 Å². The molecule has 4 nitrogen and oxygen atoms in total. The normalized spacial score (nSPS) is 11.4. The number of hydrogen-bond acceptors (Lipinski definition) is 4. The highest BCUT2D eigenvalue weighted by molar-refractivity contribution is 5.74. The molecule has 0 spiro atoms. The molecular formula is C12H22O4. The smallest absolute Gasteiger partial charge is 0.306 e. The Labute approximate surface area is 97.3 Å². The molecule has 0 radical (unpaired) electrons. The first-order valence-corrected chi connectivity index (χ1v) is 5.46. The van der Waals surface area contributed by atoms with E-state index in [2.05, 4.69) is 23.3 Å². The molecule has 0 heterocycles. The Kier molecular flexibility index (Phi) is 6.08. The Morgan fingerprint density at radius 2 is 1.44 bits per heavy atom. The van der Waals surface area contributed by atoms with Gasteiger partial charge in [0.15, 0.2) is 0 Å². The van der Waals surface area contributed by atoms with Crippen LogP contribution in [0, 0.1) is 11.3 Å². The highest BCUT2D eigenvalue weighted by Crippen LogP contribution is 2.34. The lowest BCUT2D eigenvalue weighted by Crippen LogP contribution is -2.27. The van der Waals surface area contributed by atoms with Gasteiger partial charge in [-0.3, -0.25) is 9.59 Å². The van der Waals surface area contributed by atoms with Crippen molar-refractivity contribution in [1.29, 1.82) is 0 Å². The van der Waals surface area contributed by atoms with E-state index < -0.39 is 0 Å². The van der Waals surface area contributed by atoms with Gasteiger partial charge < -0.3 is 9.47 Å². The monoisotopic (exact) mass is 230 g/mol. The Morgan fingerprint density at radius 1 is 1.06 bits per heavy atom. The molecule has 4 heteroatoms. The van der Waals surface area contributed by atoms with Crippen LogP contribution < -0.4 is 0 Å². The summed E-state index contributed by atoms with van der Waals surface area (Å²) < 4.78 is 9.30. The number of ether oxygens (including phenoxy) is 2. The Balaban J connectivity index is 4.59. The minimum atomic E-state index is -0.381. The molecule has 0 rings (SSSR count). The van der Waals surface area contributed by atoms with E-state index in [9.17, 15) is 9.59 Å². The van der Waals surface area contributed by atoms with Crippen molar-refractivity contribution in [2.75, 3.05) is 14.2 Å². The van der Waals surface area contributed by atoms with Crippen LogP contribution in [0.4, 0.5) is 0 Å². The molecule has 16 heavy (non-hydrogen) atoms. The fraction of sp³-hybridized carbons (Fsp3) is 0.833. The van der Waals surface area contributed by atoms with Gasteiger partial charge in [-0.05, 0) is 17.8 Å². The number of rotatable bonds is 6. The highest BCUT2D eigenvalue weighted by atomic mass is 16.5. The average molecular weight is 230 g/mol. The molecule has 0 aromatic carbocycles. The Hall–Kier alpha value is -1.06. The van der Waals surface area contributed by atoms with Crippen molar-refractivity contribution in [2.24, 2.45) is 11.3 Å². The van der Waals surface area contributed by atoms with E-state index in [0.717, 1.165) is 6.42 Å². The minimum absolute atomic E-state index is 0.247. The predicted octanol–water partition coefficient (Wildman–Crippen LogP) is 2.17. The summed E-state index contributed by atoms with van der Waals surface area (Å²) >= 11 is 0. The molecule has 0 fully saturated rings. The third-order valence-electron chi connectivity index (χ3n) is 2.50. The summed E-state index contributed by atoms with van der Waals surface area (Å²) in [5.41, 5.74) is -0.381. The van der Waals surface area contributed by atoms with E-state index in [1.807, 2.05) is 6.92 Å². The molecule has 0 bridgehead atoms. The topological polar surface area (TPSA) is 52.6 Å². The standard InChI is InChI=1S/C12H22O4/c1-9(2)6-12(3,7-10(13)15-4)8-11(14)16-5/h9H,6-8H2,1-5H3. The molecule has 0 amide bonds. The summed E-state index contributed by atoms with van der Waals surface area (Å²) in [5, 5.41) is 0. The van der Waals surface area contributed by atoms with Gasteiger partial charge in [0.2, 0.25) is 0 Å². The van der Waals surface area contributed by atoms with Crippen LogP contribution in [-0.4, -0.2) is 26.2 Å². The number of methoxy groups -OCH3 is 2. The fourth-order valence-corrected chi connectivity index (χ4v) is 2.03. The van der Waals surface area contributed by atoms with Gasteiger partial charge in [0.25, 0.3) is 0 Å². The molecule has 0 N–H and O–H groups in total. The van der Waals surface area contributed by atoms with Crippen molar-refractivity contribution in [3.8, 4) is 0 Å². The summed E-state index contributed by atoms with van der Waals surface area (Å²) in [5.74, 6) is -0.154. The predicted molar refractivity (Wildman–Crippen MR) is 60.8 cm³/mol. The van der Waals surface area contributed by atoms with Gasteiger partial charge in [-0.2, -0.15) is 0 Å². The first-order chi connectivity index (χ1) is 7.33. The zero-order valence-electron chi connectivity index (χ0n) is 10.8. The van der Waals surface area contributed by atoms with Crippen molar-refractivity contribution in [2.45, 2.75) is 40.0 Å². The second-order valence-corrected chi connectivity index (χ2v) is 4.91. The lowest BCUT2D eigenvalue weighted by molar-refractivity contribution is -0.147. The van der Waals surface area contributed by atoms with Crippen molar-refractivity contribution in [3.05, 3.63) is 0 Å². The van der Waals surface area contributed by atoms with Crippen LogP contribution in [0.5, 0.6) is 0 Å². The minimum Gasteiger partial charge on any atom is -0.469 e. The van der Waals surface area contributed by atoms with E-state index in [0.29, 0.717) is 5.92 Å². The maximum Gasteiger partial charge on any atom is 0.306 e. The van der Waals surface area contributed by atoms with Gasteiger partial charge >= 0.3 is 11.9 Å². The van der Waals surface area contributed by atoms with Gasteiger partial charge in [-0.15, -0.1) is 0 Å². The van der Waals surface area contributed by atoms with Crippen molar-refractivity contribution < 1.29 is 19.1 Å². The average Bonchev–Trinajstić information content (AvgIpc) is 2.15. The number of hydrogen-bond donors (Lipinski definition) is 0. The SMILES string of the molecule is COC(=O)CC(C)(CC(=O)OC)CC(C)C. The summed E-state index contributed by atoms with van der Waals surface area (Å²) in [6.07, 6.45) is 1.28. The van der Waals surface area contributed by atoms with E-state index in [1.165, 1.54) is 14.2 Å². The number of esters is 2. The van der Waals surface area contributed by atoms with Gasteiger partial charge in [-0.1, -0.05) is 20.8 Å². The fourth-order valence-electron chi connectivity index (χ4n) is 2.03. The third-order valence-corrected chi connectivity index (χ3v) is 2.50. The molecule has 0 aliphatic rings. The van der Waals surface area contributed by atoms with Crippen LogP contribution in [0.1, 0.15) is 40.0 Å². The van der Waals surface area contributed by atoms with Crippen LogP contribution in [0.25, 0.3) is 0 Å². The largest absolute Gasteiger partial charge is 0.469 e. The zero-order valence-corrected chi connectivity index (χ0v) is 10.8. The van der Waals surface area contributed by atoms with Crippen LogP contribution in [-0.2, 0) is 19.1 Å². The molecule has 0 aliphatic heterocycles. The second-order valence-electron chi connectivity index (χ2n) is 4.91. The van der Waals surface area contributed by atoms with E-state index in [4.69, 9.17) is 0 Å².